The molecule has 0 spiro atoms. The van der Waals surface area contributed by atoms with E-state index < -0.39 is 0 Å². The molecule has 5 heteroatoms. The molecule has 5 nitrogen and oxygen atoms in total. The zero-order valence-electron chi connectivity index (χ0n) is 10.5. The Hall–Kier alpha value is -1.88. The number of aromatic nitrogens is 2. The van der Waals surface area contributed by atoms with Crippen molar-refractivity contribution < 1.29 is 14.6 Å². The summed E-state index contributed by atoms with van der Waals surface area (Å²) in [7, 11) is 0. The molecular formula is C13H16N2O3. The maximum Gasteiger partial charge on any atom is 0.169 e. The molecule has 1 N–H and O–H groups in total. The summed E-state index contributed by atoms with van der Waals surface area (Å²) in [6.45, 7) is 3.91. The lowest BCUT2D eigenvalue weighted by Gasteiger charge is -2.06. The first-order chi connectivity index (χ1) is 8.63. The van der Waals surface area contributed by atoms with Gasteiger partial charge in [-0.05, 0) is 6.07 Å². The normalized spacial score (nSPS) is 11.1. The predicted octanol–water partition coefficient (Wildman–Crippen LogP) is 1.54. The summed E-state index contributed by atoms with van der Waals surface area (Å²) in [5.74, 6) is 0.610. The molecule has 0 aromatic carbocycles. The molecule has 0 fully saturated rings. The zero-order chi connectivity index (χ0) is 13.1. The molecule has 2 rings (SSSR count). The molecule has 18 heavy (non-hydrogen) atoms. The van der Waals surface area contributed by atoms with E-state index in [1.54, 1.807) is 29.0 Å². The van der Waals surface area contributed by atoms with Crippen LogP contribution in [0.15, 0.2) is 24.5 Å². The number of pyridine rings is 1. The van der Waals surface area contributed by atoms with Gasteiger partial charge in [-0.25, -0.2) is 4.52 Å². The molecule has 0 atom stereocenters. The van der Waals surface area contributed by atoms with Crippen molar-refractivity contribution in [1.82, 2.24) is 9.61 Å². The summed E-state index contributed by atoms with van der Waals surface area (Å²) >= 11 is 0. The van der Waals surface area contributed by atoms with Crippen molar-refractivity contribution >= 4 is 11.3 Å². The number of rotatable bonds is 5. The molecule has 0 saturated carbocycles. The highest BCUT2D eigenvalue weighted by molar-refractivity contribution is 6.03. The molecule has 0 unspecified atom stereocenters. The molecule has 2 aromatic heterocycles. The SMILES string of the molecule is CC(C)C(=O)c1cnn2ccc(OCCO)cc12. The number of carbonyl (C=O) groups excluding carboxylic acids is 1. The highest BCUT2D eigenvalue weighted by Gasteiger charge is 2.16. The molecule has 0 aliphatic carbocycles. The first kappa shape index (κ1) is 12.6. The van der Waals surface area contributed by atoms with E-state index in [0.29, 0.717) is 11.3 Å². The van der Waals surface area contributed by atoms with E-state index in [9.17, 15) is 4.79 Å². The van der Waals surface area contributed by atoms with Crippen LogP contribution >= 0.6 is 0 Å². The minimum Gasteiger partial charge on any atom is -0.491 e. The van der Waals surface area contributed by atoms with Gasteiger partial charge in [-0.15, -0.1) is 0 Å². The Morgan fingerprint density at radius 1 is 1.56 bits per heavy atom. The smallest absolute Gasteiger partial charge is 0.169 e. The van der Waals surface area contributed by atoms with E-state index in [0.717, 1.165) is 5.52 Å². The van der Waals surface area contributed by atoms with Gasteiger partial charge in [-0.3, -0.25) is 4.79 Å². The van der Waals surface area contributed by atoms with Gasteiger partial charge in [0.1, 0.15) is 12.4 Å². The molecule has 0 bridgehead atoms. The van der Waals surface area contributed by atoms with Crippen molar-refractivity contribution in [1.29, 1.82) is 0 Å². The second-order valence-electron chi connectivity index (χ2n) is 4.34. The number of nitrogens with zero attached hydrogens (tertiary/aromatic N) is 2. The monoisotopic (exact) mass is 248 g/mol. The Labute approximate surface area is 105 Å². The Morgan fingerprint density at radius 2 is 2.33 bits per heavy atom. The molecule has 0 amide bonds. The average Bonchev–Trinajstić information content (AvgIpc) is 2.78. The number of fused-ring (bicyclic) bond motifs is 1. The molecule has 2 aromatic rings. The van der Waals surface area contributed by atoms with Gasteiger partial charge in [0.25, 0.3) is 0 Å². The quantitative estimate of drug-likeness (QED) is 0.815. The number of Topliss-reactive ketones (excluding diaryl/α,β-unsaturated/α-hetero) is 1. The van der Waals surface area contributed by atoms with Crippen molar-refractivity contribution in [2.24, 2.45) is 5.92 Å². The molecular weight excluding hydrogens is 232 g/mol. The van der Waals surface area contributed by atoms with Crippen LogP contribution in [-0.4, -0.2) is 33.7 Å². The first-order valence-electron chi connectivity index (χ1n) is 5.88. The Morgan fingerprint density at radius 3 is 3.00 bits per heavy atom. The van der Waals surface area contributed by atoms with Gasteiger partial charge in [-0.1, -0.05) is 13.8 Å². The number of hydrogen-bond donors (Lipinski definition) is 1. The van der Waals surface area contributed by atoms with Crippen LogP contribution in [0.2, 0.25) is 0 Å². The molecule has 2 heterocycles. The lowest BCUT2D eigenvalue weighted by molar-refractivity contribution is 0.0941. The lowest BCUT2D eigenvalue weighted by Crippen LogP contribution is -2.07. The topological polar surface area (TPSA) is 63.8 Å². The van der Waals surface area contributed by atoms with E-state index in [2.05, 4.69) is 5.10 Å². The van der Waals surface area contributed by atoms with Gasteiger partial charge in [-0.2, -0.15) is 5.10 Å². The van der Waals surface area contributed by atoms with Gasteiger partial charge in [0, 0.05) is 18.2 Å². The van der Waals surface area contributed by atoms with Crippen LogP contribution in [0, 0.1) is 5.92 Å². The summed E-state index contributed by atoms with van der Waals surface area (Å²) in [6.07, 6.45) is 3.31. The van der Waals surface area contributed by atoms with Crippen LogP contribution in [0.4, 0.5) is 0 Å². The number of carbonyl (C=O) groups is 1. The van der Waals surface area contributed by atoms with Gasteiger partial charge in [0.15, 0.2) is 5.78 Å². The van der Waals surface area contributed by atoms with Gasteiger partial charge < -0.3 is 9.84 Å². The van der Waals surface area contributed by atoms with E-state index in [4.69, 9.17) is 9.84 Å². The fourth-order valence-corrected chi connectivity index (χ4v) is 1.72. The fourth-order valence-electron chi connectivity index (χ4n) is 1.72. The molecule has 96 valence electrons. The predicted molar refractivity (Wildman–Crippen MR) is 66.9 cm³/mol. The van der Waals surface area contributed by atoms with Crippen molar-refractivity contribution in [3.05, 3.63) is 30.1 Å². The number of aliphatic hydroxyl groups excluding tert-OH is 1. The fraction of sp³-hybridized carbons (Fsp3) is 0.385. The van der Waals surface area contributed by atoms with Crippen molar-refractivity contribution in [2.45, 2.75) is 13.8 Å². The van der Waals surface area contributed by atoms with Crippen molar-refractivity contribution in [3.8, 4) is 5.75 Å². The van der Waals surface area contributed by atoms with E-state index in [1.165, 1.54) is 0 Å². The zero-order valence-corrected chi connectivity index (χ0v) is 10.5. The third kappa shape index (κ3) is 2.36. The summed E-state index contributed by atoms with van der Waals surface area (Å²) in [6, 6.07) is 3.51. The molecule has 0 aliphatic rings. The summed E-state index contributed by atoms with van der Waals surface area (Å²) in [4.78, 5) is 12.0. The van der Waals surface area contributed by atoms with Crippen LogP contribution in [0.3, 0.4) is 0 Å². The van der Waals surface area contributed by atoms with Crippen LogP contribution in [0.1, 0.15) is 24.2 Å². The van der Waals surface area contributed by atoms with Crippen LogP contribution in [-0.2, 0) is 0 Å². The number of hydrogen-bond acceptors (Lipinski definition) is 4. The minimum atomic E-state index is -0.0694. The van der Waals surface area contributed by atoms with E-state index in [1.807, 2.05) is 13.8 Å². The largest absolute Gasteiger partial charge is 0.491 e. The third-order valence-electron chi connectivity index (χ3n) is 2.64. The van der Waals surface area contributed by atoms with E-state index in [-0.39, 0.29) is 24.9 Å². The average molecular weight is 248 g/mol. The number of aliphatic hydroxyl groups is 1. The first-order valence-corrected chi connectivity index (χ1v) is 5.88. The van der Waals surface area contributed by atoms with Gasteiger partial charge in [0.2, 0.25) is 0 Å². The molecule has 0 aliphatic heterocycles. The highest BCUT2D eigenvalue weighted by Crippen LogP contribution is 2.20. The minimum absolute atomic E-state index is 0.0395. The second kappa shape index (κ2) is 5.18. The van der Waals surface area contributed by atoms with Crippen molar-refractivity contribution in [2.75, 3.05) is 13.2 Å². The van der Waals surface area contributed by atoms with Crippen LogP contribution in [0.5, 0.6) is 5.75 Å². The summed E-state index contributed by atoms with van der Waals surface area (Å²) in [5.41, 5.74) is 1.32. The van der Waals surface area contributed by atoms with Crippen molar-refractivity contribution in [3.63, 3.8) is 0 Å². The lowest BCUT2D eigenvalue weighted by atomic mass is 10.0. The highest BCUT2D eigenvalue weighted by atomic mass is 16.5. The number of ketones is 1. The van der Waals surface area contributed by atoms with Crippen LogP contribution in [0.25, 0.3) is 5.52 Å². The standard InChI is InChI=1S/C13H16N2O3/c1-9(2)13(17)11-8-14-15-4-3-10(7-12(11)15)18-6-5-16/h3-4,7-9,16H,5-6H2,1-2H3. The summed E-state index contributed by atoms with van der Waals surface area (Å²) in [5, 5.41) is 12.9. The van der Waals surface area contributed by atoms with Gasteiger partial charge in [0.05, 0.1) is 23.9 Å². The Kier molecular flexibility index (Phi) is 3.62. The molecule has 0 saturated heterocycles. The van der Waals surface area contributed by atoms with E-state index >= 15 is 0 Å². The Bertz CT molecular complexity index is 560. The Balaban J connectivity index is 2.40. The second-order valence-corrected chi connectivity index (χ2v) is 4.34. The van der Waals surface area contributed by atoms with Crippen LogP contribution < -0.4 is 4.74 Å². The maximum atomic E-state index is 12.0. The number of ether oxygens (including phenoxy) is 1. The maximum absolute atomic E-state index is 12.0. The molecule has 0 radical (unpaired) electrons. The third-order valence-corrected chi connectivity index (χ3v) is 2.64. The van der Waals surface area contributed by atoms with Gasteiger partial charge >= 0.3 is 0 Å². The summed E-state index contributed by atoms with van der Waals surface area (Å²) < 4.78 is 6.97.